The smallest absolute Gasteiger partial charge is 0.250 e. The maximum atomic E-state index is 9.04. The van der Waals surface area contributed by atoms with Crippen LogP contribution in [0.3, 0.4) is 0 Å². The van der Waals surface area contributed by atoms with Crippen LogP contribution < -0.4 is 0 Å². The molecule has 1 rings (SSSR count). The number of hydrogen-bond acceptors (Lipinski definition) is 2. The van der Waals surface area contributed by atoms with E-state index in [9.17, 15) is 0 Å². The highest BCUT2D eigenvalue weighted by atomic mass is 35.6. The van der Waals surface area contributed by atoms with Crippen molar-refractivity contribution in [2.24, 2.45) is 9.98 Å². The van der Waals surface area contributed by atoms with E-state index in [4.69, 9.17) is 74.7 Å². The van der Waals surface area contributed by atoms with Crippen LogP contribution in [-0.4, -0.2) is 24.2 Å². The molecule has 0 fully saturated rings. The molecule has 0 bridgehead atoms. The summed E-state index contributed by atoms with van der Waals surface area (Å²) >= 11 is 34.8. The molecule has 0 amide bonds. The lowest BCUT2D eigenvalue weighted by atomic mass is 10.1. The van der Waals surface area contributed by atoms with Crippen LogP contribution in [-0.2, 0) is 6.61 Å². The summed E-state index contributed by atoms with van der Waals surface area (Å²) in [5, 5.41) is 9.04. The van der Waals surface area contributed by atoms with E-state index in [1.165, 1.54) is 6.92 Å². The molecular weight excluding hydrogens is 425 g/mol. The molecule has 0 aromatic heterocycles. The predicted molar refractivity (Wildman–Crippen MR) is 103 cm³/mol. The van der Waals surface area contributed by atoms with Gasteiger partial charge in [0.15, 0.2) is 5.84 Å². The zero-order valence-electron chi connectivity index (χ0n) is 11.8. The Hall–Kier alpha value is -0.000000000000000167. The van der Waals surface area contributed by atoms with Crippen molar-refractivity contribution in [1.82, 2.24) is 0 Å². The summed E-state index contributed by atoms with van der Waals surface area (Å²) in [6, 6.07) is 6.89. The molecule has 0 atom stereocenters. The molecule has 0 aliphatic rings. The van der Waals surface area contributed by atoms with E-state index in [-0.39, 0.29) is 18.2 Å². The van der Waals surface area contributed by atoms with Crippen LogP contribution in [0.4, 0.5) is 0 Å². The third-order valence-corrected chi connectivity index (χ3v) is 3.98. The van der Waals surface area contributed by atoms with E-state index in [1.807, 2.05) is 0 Å². The van der Waals surface area contributed by atoms with E-state index in [2.05, 4.69) is 16.6 Å². The summed E-state index contributed by atoms with van der Waals surface area (Å²) < 4.78 is -3.67. The number of rotatable bonds is 3. The maximum absolute atomic E-state index is 9.04. The summed E-state index contributed by atoms with van der Waals surface area (Å²) in [6.45, 7) is 5.21. The number of aliphatic hydroxyl groups is 1. The standard InChI is InChI=1S/C14H12Cl6N2O/c1-8(11-5-3-10(7-23)4-6-11)21-12(14(18,19)20)22-9(2)13(15,16)17/h3-6,23H,1,7H2,2H3. The van der Waals surface area contributed by atoms with Crippen LogP contribution in [0.1, 0.15) is 18.1 Å². The minimum Gasteiger partial charge on any atom is -0.392 e. The van der Waals surface area contributed by atoms with Gasteiger partial charge in [-0.15, -0.1) is 0 Å². The molecule has 0 aliphatic heterocycles. The van der Waals surface area contributed by atoms with Crippen molar-refractivity contribution in [1.29, 1.82) is 0 Å². The molecule has 126 valence electrons. The average Bonchev–Trinajstić information content (AvgIpc) is 2.44. The highest BCUT2D eigenvalue weighted by molar-refractivity contribution is 6.79. The van der Waals surface area contributed by atoms with Gasteiger partial charge in [-0.2, -0.15) is 0 Å². The summed E-state index contributed by atoms with van der Waals surface area (Å²) in [5.41, 5.74) is 1.81. The molecule has 0 aliphatic carbocycles. The van der Waals surface area contributed by atoms with E-state index in [1.54, 1.807) is 24.3 Å². The van der Waals surface area contributed by atoms with Gasteiger partial charge in [-0.3, -0.25) is 0 Å². The number of aliphatic imine (C=N–C) groups is 2. The van der Waals surface area contributed by atoms with Gasteiger partial charge in [-0.05, 0) is 18.1 Å². The van der Waals surface area contributed by atoms with Crippen LogP contribution in [0.15, 0.2) is 40.8 Å². The van der Waals surface area contributed by atoms with Gasteiger partial charge in [0.1, 0.15) is 0 Å². The van der Waals surface area contributed by atoms with Crippen LogP contribution in [0.5, 0.6) is 0 Å². The molecule has 1 aromatic rings. The van der Waals surface area contributed by atoms with Gasteiger partial charge in [0.05, 0.1) is 18.0 Å². The zero-order chi connectivity index (χ0) is 17.8. The fraction of sp³-hybridized carbons (Fsp3) is 0.286. The van der Waals surface area contributed by atoms with Crippen molar-refractivity contribution >= 4 is 86.8 Å². The first-order valence-electron chi connectivity index (χ1n) is 6.12. The van der Waals surface area contributed by atoms with Crippen molar-refractivity contribution in [2.45, 2.75) is 21.1 Å². The second kappa shape index (κ2) is 8.39. The number of aliphatic hydroxyl groups excluding tert-OH is 1. The van der Waals surface area contributed by atoms with Gasteiger partial charge in [0, 0.05) is 0 Å². The van der Waals surface area contributed by atoms with Crippen LogP contribution >= 0.6 is 69.6 Å². The Bertz CT molecular complexity index is 626. The molecule has 23 heavy (non-hydrogen) atoms. The van der Waals surface area contributed by atoms with Gasteiger partial charge in [0.25, 0.3) is 0 Å². The third-order valence-electron chi connectivity index (χ3n) is 2.65. The highest BCUT2D eigenvalue weighted by Gasteiger charge is 2.32. The molecular formula is C14H12Cl6N2O. The monoisotopic (exact) mass is 434 g/mol. The minimum absolute atomic E-state index is 0.0673. The number of alkyl halides is 6. The lowest BCUT2D eigenvalue weighted by molar-refractivity contribution is 0.282. The van der Waals surface area contributed by atoms with Gasteiger partial charge in [0.2, 0.25) is 7.59 Å². The molecule has 0 saturated carbocycles. The zero-order valence-corrected chi connectivity index (χ0v) is 16.4. The van der Waals surface area contributed by atoms with Crippen molar-refractivity contribution in [3.05, 3.63) is 42.0 Å². The number of amidine groups is 1. The van der Waals surface area contributed by atoms with Crippen LogP contribution in [0.2, 0.25) is 0 Å². The number of benzene rings is 1. The number of nitrogens with zero attached hydrogens (tertiary/aromatic N) is 2. The largest absolute Gasteiger partial charge is 0.392 e. The SMILES string of the molecule is C=C(N=C(N=C(C)C(Cl)(Cl)Cl)C(Cl)(Cl)Cl)c1ccc(CO)cc1. The molecule has 3 nitrogen and oxygen atoms in total. The molecule has 0 saturated heterocycles. The molecule has 1 N–H and O–H groups in total. The summed E-state index contributed by atoms with van der Waals surface area (Å²) in [4.78, 5) is 8.12. The second-order valence-corrected chi connectivity index (χ2v) is 8.99. The van der Waals surface area contributed by atoms with E-state index < -0.39 is 7.59 Å². The normalized spacial score (nSPS) is 14.1. The molecule has 1 aromatic carbocycles. The van der Waals surface area contributed by atoms with Crippen LogP contribution in [0.25, 0.3) is 5.70 Å². The van der Waals surface area contributed by atoms with Gasteiger partial charge < -0.3 is 5.11 Å². The minimum atomic E-state index is -1.93. The quantitative estimate of drug-likeness (QED) is 0.366. The first-order chi connectivity index (χ1) is 10.4. The molecule has 0 spiro atoms. The Morgan fingerprint density at radius 3 is 1.91 bits per heavy atom. The Balaban J connectivity index is 3.21. The maximum Gasteiger partial charge on any atom is 0.250 e. The van der Waals surface area contributed by atoms with Gasteiger partial charge in [-0.1, -0.05) is 100 Å². The Morgan fingerprint density at radius 1 is 1.00 bits per heavy atom. The number of hydrogen-bond donors (Lipinski definition) is 1. The van der Waals surface area contributed by atoms with Crippen molar-refractivity contribution in [3.63, 3.8) is 0 Å². The summed E-state index contributed by atoms with van der Waals surface area (Å²) in [6.07, 6.45) is 0. The molecule has 0 radical (unpaired) electrons. The predicted octanol–water partition coefficient (Wildman–Crippen LogP) is 5.75. The first-order valence-corrected chi connectivity index (χ1v) is 8.39. The van der Waals surface area contributed by atoms with E-state index >= 15 is 0 Å². The van der Waals surface area contributed by atoms with Gasteiger partial charge >= 0.3 is 0 Å². The topological polar surface area (TPSA) is 45.0 Å². The Kier molecular flexibility index (Phi) is 7.68. The molecule has 0 heterocycles. The second-order valence-electron chi connectivity index (χ2n) is 4.43. The van der Waals surface area contributed by atoms with Gasteiger partial charge in [-0.25, -0.2) is 9.98 Å². The summed E-state index contributed by atoms with van der Waals surface area (Å²) in [5.74, 6) is -0.178. The van der Waals surface area contributed by atoms with Crippen molar-refractivity contribution in [3.8, 4) is 0 Å². The Labute approximate surface area is 164 Å². The van der Waals surface area contributed by atoms with E-state index in [0.29, 0.717) is 11.3 Å². The first kappa shape index (κ1) is 21.0. The fourth-order valence-corrected chi connectivity index (χ4v) is 1.75. The lowest BCUT2D eigenvalue weighted by Crippen LogP contribution is -2.23. The van der Waals surface area contributed by atoms with Crippen LogP contribution in [0, 0.1) is 0 Å². The molecule has 0 unspecified atom stereocenters. The van der Waals surface area contributed by atoms with E-state index in [0.717, 1.165) is 5.56 Å². The van der Waals surface area contributed by atoms with Crippen molar-refractivity contribution < 1.29 is 5.11 Å². The summed E-state index contributed by atoms with van der Waals surface area (Å²) in [7, 11) is 0. The highest BCUT2D eigenvalue weighted by Crippen LogP contribution is 2.33. The third kappa shape index (κ3) is 6.79. The lowest BCUT2D eigenvalue weighted by Gasteiger charge is -2.15. The van der Waals surface area contributed by atoms with Crippen molar-refractivity contribution in [2.75, 3.05) is 0 Å². The fourth-order valence-electron chi connectivity index (χ4n) is 1.37. The Morgan fingerprint density at radius 2 is 1.52 bits per heavy atom. The average molecular weight is 437 g/mol. The molecule has 9 heteroatoms. The number of halogens is 6.